The number of methoxy groups -OCH3 is 2. The van der Waals surface area contributed by atoms with Gasteiger partial charge >= 0.3 is 0 Å². The molecule has 1 aromatic heterocycles. The highest BCUT2D eigenvalue weighted by atomic mass is 16.5. The largest absolute Gasteiger partial charge is 0.481 e. The first-order valence-electron chi connectivity index (χ1n) is 5.52. The van der Waals surface area contributed by atoms with Crippen LogP contribution < -0.4 is 14.8 Å². The molecule has 0 spiro atoms. The van der Waals surface area contributed by atoms with Gasteiger partial charge in [-0.3, -0.25) is 0 Å². The first-order chi connectivity index (χ1) is 8.26. The van der Waals surface area contributed by atoms with Crippen LogP contribution in [0.25, 0.3) is 0 Å². The van der Waals surface area contributed by atoms with Gasteiger partial charge < -0.3 is 19.9 Å². The molecule has 1 unspecified atom stereocenters. The summed E-state index contributed by atoms with van der Waals surface area (Å²) in [5.41, 5.74) is 0.754. The number of aliphatic hydroxyl groups excluding tert-OH is 1. The summed E-state index contributed by atoms with van der Waals surface area (Å²) in [6, 6.07) is 0.0459. The second kappa shape index (κ2) is 7.03. The topological polar surface area (TPSA) is 76.5 Å². The molecule has 6 nitrogen and oxygen atoms in total. The highest BCUT2D eigenvalue weighted by molar-refractivity contribution is 5.34. The summed E-state index contributed by atoms with van der Waals surface area (Å²) >= 11 is 0. The lowest BCUT2D eigenvalue weighted by atomic mass is 10.2. The molecule has 2 N–H and O–H groups in total. The van der Waals surface area contributed by atoms with Gasteiger partial charge in [0, 0.05) is 12.6 Å². The number of hydrogen-bond acceptors (Lipinski definition) is 6. The quantitative estimate of drug-likeness (QED) is 0.717. The third-order valence-electron chi connectivity index (χ3n) is 2.53. The minimum Gasteiger partial charge on any atom is -0.481 e. The first kappa shape index (κ1) is 13.7. The predicted molar refractivity (Wildman–Crippen MR) is 63.1 cm³/mol. The van der Waals surface area contributed by atoms with Crippen LogP contribution in [0.5, 0.6) is 11.8 Å². The van der Waals surface area contributed by atoms with Crippen LogP contribution in [0.4, 0.5) is 0 Å². The molecule has 0 saturated heterocycles. The Kier molecular flexibility index (Phi) is 5.65. The van der Waals surface area contributed by atoms with E-state index in [2.05, 4.69) is 15.3 Å². The smallest absolute Gasteiger partial charge is 0.224 e. The van der Waals surface area contributed by atoms with E-state index in [1.165, 1.54) is 6.33 Å². The molecule has 6 heteroatoms. The molecule has 0 amide bonds. The number of ether oxygens (including phenoxy) is 2. The van der Waals surface area contributed by atoms with Gasteiger partial charge in [-0.1, -0.05) is 6.92 Å². The monoisotopic (exact) mass is 241 g/mol. The molecule has 0 saturated carbocycles. The maximum Gasteiger partial charge on any atom is 0.224 e. The van der Waals surface area contributed by atoms with Gasteiger partial charge in [0.15, 0.2) is 0 Å². The van der Waals surface area contributed by atoms with Crippen LogP contribution in [0.15, 0.2) is 6.33 Å². The van der Waals surface area contributed by atoms with Crippen LogP contribution in [-0.2, 0) is 6.54 Å². The van der Waals surface area contributed by atoms with Crippen molar-refractivity contribution in [1.29, 1.82) is 0 Å². The molecule has 0 aliphatic carbocycles. The van der Waals surface area contributed by atoms with E-state index in [0.29, 0.717) is 18.3 Å². The van der Waals surface area contributed by atoms with E-state index in [9.17, 15) is 0 Å². The van der Waals surface area contributed by atoms with E-state index in [1.54, 1.807) is 14.2 Å². The van der Waals surface area contributed by atoms with Crippen molar-refractivity contribution in [3.05, 3.63) is 11.9 Å². The van der Waals surface area contributed by atoms with Gasteiger partial charge in [-0.05, 0) is 6.42 Å². The maximum absolute atomic E-state index is 9.10. The van der Waals surface area contributed by atoms with Gasteiger partial charge in [-0.15, -0.1) is 0 Å². The Morgan fingerprint density at radius 1 is 1.29 bits per heavy atom. The number of aromatic nitrogens is 2. The third-order valence-corrected chi connectivity index (χ3v) is 2.53. The third kappa shape index (κ3) is 3.54. The van der Waals surface area contributed by atoms with Crippen LogP contribution in [0.1, 0.15) is 18.9 Å². The number of hydrogen-bond donors (Lipinski definition) is 2. The number of aliphatic hydroxyl groups is 1. The minimum absolute atomic E-state index is 0.0459. The summed E-state index contributed by atoms with van der Waals surface area (Å²) in [4.78, 5) is 8.04. The molecule has 0 aliphatic rings. The molecule has 1 atom stereocenters. The molecule has 0 aliphatic heterocycles. The second-order valence-electron chi connectivity index (χ2n) is 3.54. The van der Waals surface area contributed by atoms with Gasteiger partial charge in [0.25, 0.3) is 0 Å². The fourth-order valence-corrected chi connectivity index (χ4v) is 1.47. The summed E-state index contributed by atoms with van der Waals surface area (Å²) in [5, 5.41) is 12.3. The van der Waals surface area contributed by atoms with Crippen molar-refractivity contribution in [2.45, 2.75) is 25.9 Å². The molecule has 17 heavy (non-hydrogen) atoms. The SMILES string of the molecule is CCC(CO)NCc1c(OC)ncnc1OC. The number of nitrogens with one attached hydrogen (secondary N) is 1. The van der Waals surface area contributed by atoms with Crippen molar-refractivity contribution in [2.75, 3.05) is 20.8 Å². The molecule has 96 valence electrons. The van der Waals surface area contributed by atoms with E-state index in [-0.39, 0.29) is 12.6 Å². The van der Waals surface area contributed by atoms with E-state index in [4.69, 9.17) is 14.6 Å². The van der Waals surface area contributed by atoms with Gasteiger partial charge in [0.1, 0.15) is 6.33 Å². The summed E-state index contributed by atoms with van der Waals surface area (Å²) in [6.45, 7) is 2.59. The molecule has 1 aromatic rings. The molecule has 1 rings (SSSR count). The average molecular weight is 241 g/mol. The molecule has 0 aromatic carbocycles. The Balaban J connectivity index is 2.80. The van der Waals surface area contributed by atoms with Gasteiger partial charge in [-0.2, -0.15) is 0 Å². The lowest BCUT2D eigenvalue weighted by molar-refractivity contribution is 0.237. The van der Waals surface area contributed by atoms with Crippen molar-refractivity contribution in [3.8, 4) is 11.8 Å². The summed E-state index contributed by atoms with van der Waals surface area (Å²) < 4.78 is 10.3. The van der Waals surface area contributed by atoms with Crippen LogP contribution in [0, 0.1) is 0 Å². The Bertz CT molecular complexity index is 320. The Morgan fingerprint density at radius 3 is 2.29 bits per heavy atom. The Morgan fingerprint density at radius 2 is 1.88 bits per heavy atom. The Labute approximate surface area is 101 Å². The highest BCUT2D eigenvalue weighted by Gasteiger charge is 2.14. The van der Waals surface area contributed by atoms with E-state index < -0.39 is 0 Å². The zero-order valence-corrected chi connectivity index (χ0v) is 10.4. The maximum atomic E-state index is 9.10. The summed E-state index contributed by atoms with van der Waals surface area (Å²) in [7, 11) is 3.10. The average Bonchev–Trinajstić information content (AvgIpc) is 2.39. The lowest BCUT2D eigenvalue weighted by Gasteiger charge is -2.16. The normalized spacial score (nSPS) is 12.2. The van der Waals surface area contributed by atoms with Crippen LogP contribution in [-0.4, -0.2) is 41.9 Å². The van der Waals surface area contributed by atoms with E-state index >= 15 is 0 Å². The predicted octanol–water partition coefficient (Wildman–Crippen LogP) is 0.354. The summed E-state index contributed by atoms with van der Waals surface area (Å²) in [6.07, 6.45) is 2.24. The van der Waals surface area contributed by atoms with E-state index in [0.717, 1.165) is 12.0 Å². The molecule has 0 radical (unpaired) electrons. The summed E-state index contributed by atoms with van der Waals surface area (Å²) in [5.74, 6) is 0.967. The minimum atomic E-state index is 0.0459. The van der Waals surface area contributed by atoms with Gasteiger partial charge in [0.05, 0.1) is 26.4 Å². The first-order valence-corrected chi connectivity index (χ1v) is 5.52. The van der Waals surface area contributed by atoms with Crippen LogP contribution in [0.2, 0.25) is 0 Å². The molecule has 1 heterocycles. The molecular formula is C11H19N3O3. The standard InChI is InChI=1S/C11H19N3O3/c1-4-8(6-15)12-5-9-10(16-2)13-7-14-11(9)17-3/h7-8,12,15H,4-6H2,1-3H3. The number of nitrogens with zero attached hydrogens (tertiary/aromatic N) is 2. The van der Waals surface area contributed by atoms with E-state index in [1.807, 2.05) is 6.92 Å². The van der Waals surface area contributed by atoms with Gasteiger partial charge in [0.2, 0.25) is 11.8 Å². The Hall–Kier alpha value is -1.40. The molecular weight excluding hydrogens is 222 g/mol. The highest BCUT2D eigenvalue weighted by Crippen LogP contribution is 2.23. The second-order valence-corrected chi connectivity index (χ2v) is 3.54. The van der Waals surface area contributed by atoms with Crippen molar-refractivity contribution >= 4 is 0 Å². The fraction of sp³-hybridized carbons (Fsp3) is 0.636. The van der Waals surface area contributed by atoms with Crippen LogP contribution >= 0.6 is 0 Å². The number of rotatable bonds is 7. The van der Waals surface area contributed by atoms with Gasteiger partial charge in [-0.25, -0.2) is 9.97 Å². The lowest BCUT2D eigenvalue weighted by Crippen LogP contribution is -2.31. The zero-order valence-electron chi connectivity index (χ0n) is 10.4. The van der Waals surface area contributed by atoms with Crippen molar-refractivity contribution < 1.29 is 14.6 Å². The fourth-order valence-electron chi connectivity index (χ4n) is 1.47. The molecule has 0 bridgehead atoms. The molecule has 0 fully saturated rings. The van der Waals surface area contributed by atoms with Crippen LogP contribution in [0.3, 0.4) is 0 Å². The van der Waals surface area contributed by atoms with Crippen molar-refractivity contribution in [2.24, 2.45) is 0 Å². The van der Waals surface area contributed by atoms with Crippen molar-refractivity contribution in [1.82, 2.24) is 15.3 Å². The zero-order chi connectivity index (χ0) is 12.7. The van der Waals surface area contributed by atoms with Crippen molar-refractivity contribution in [3.63, 3.8) is 0 Å².